The highest BCUT2D eigenvalue weighted by atomic mass is 35.5. The van der Waals surface area contributed by atoms with Gasteiger partial charge < -0.3 is 0 Å². The highest BCUT2D eigenvalue weighted by molar-refractivity contribution is 7.18. The Kier molecular flexibility index (Phi) is 9.19. The first kappa shape index (κ1) is 16.7. The molecule has 108 valence electrons. The molecule has 0 spiro atoms. The Labute approximate surface area is 126 Å². The van der Waals surface area contributed by atoms with Gasteiger partial charge in [-0.15, -0.1) is 11.3 Å². The topological polar surface area (TPSA) is 17.1 Å². The van der Waals surface area contributed by atoms with Crippen LogP contribution in [0.15, 0.2) is 12.1 Å². The average Bonchev–Trinajstić information content (AvgIpc) is 2.83. The van der Waals surface area contributed by atoms with E-state index < -0.39 is 0 Å². The van der Waals surface area contributed by atoms with Crippen LogP contribution in [0.3, 0.4) is 0 Å². The van der Waals surface area contributed by atoms with Crippen molar-refractivity contribution in [1.29, 1.82) is 0 Å². The van der Waals surface area contributed by atoms with Gasteiger partial charge in [-0.3, -0.25) is 4.79 Å². The average molecular weight is 301 g/mol. The summed E-state index contributed by atoms with van der Waals surface area (Å²) >= 11 is 7.22. The van der Waals surface area contributed by atoms with Crippen molar-refractivity contribution in [2.75, 3.05) is 0 Å². The third-order valence-electron chi connectivity index (χ3n) is 3.36. The highest BCUT2D eigenvalue weighted by Gasteiger charge is 2.07. The Morgan fingerprint density at radius 3 is 2.11 bits per heavy atom. The number of hydrogen-bond donors (Lipinski definition) is 0. The van der Waals surface area contributed by atoms with Crippen LogP contribution in [0.1, 0.15) is 80.8 Å². The summed E-state index contributed by atoms with van der Waals surface area (Å²) in [6.07, 6.45) is 12.3. The third kappa shape index (κ3) is 7.74. The van der Waals surface area contributed by atoms with E-state index in [1.54, 1.807) is 6.07 Å². The molecule has 0 aliphatic heterocycles. The van der Waals surface area contributed by atoms with Gasteiger partial charge in [0.25, 0.3) is 0 Å². The molecule has 0 saturated heterocycles. The fourth-order valence-electron chi connectivity index (χ4n) is 2.18. The van der Waals surface area contributed by atoms with Crippen molar-refractivity contribution in [3.63, 3.8) is 0 Å². The van der Waals surface area contributed by atoms with Gasteiger partial charge in [-0.2, -0.15) is 0 Å². The summed E-state index contributed by atoms with van der Waals surface area (Å²) < 4.78 is 0.704. The number of ketones is 1. The number of halogens is 1. The van der Waals surface area contributed by atoms with E-state index in [1.165, 1.54) is 62.7 Å². The van der Waals surface area contributed by atoms with Crippen LogP contribution in [-0.4, -0.2) is 5.78 Å². The van der Waals surface area contributed by atoms with Crippen LogP contribution < -0.4 is 0 Å². The molecule has 0 N–H and O–H groups in total. The first-order valence-corrected chi connectivity index (χ1v) is 8.72. The zero-order chi connectivity index (χ0) is 13.9. The Balaban J connectivity index is 1.95. The number of unbranched alkanes of at least 4 members (excludes halogenated alkanes) is 8. The standard InChI is InChI=1S/C16H25ClOS/c1-2-3-4-5-6-7-8-9-10-11-14(18)15-12-13-16(17)19-15/h12-13H,2-11H2,1H3. The molecular weight excluding hydrogens is 276 g/mol. The van der Waals surface area contributed by atoms with Gasteiger partial charge in [0.15, 0.2) is 5.78 Å². The molecule has 1 rings (SSSR count). The first-order valence-electron chi connectivity index (χ1n) is 7.52. The Morgan fingerprint density at radius 2 is 1.58 bits per heavy atom. The fraction of sp³-hybridized carbons (Fsp3) is 0.688. The van der Waals surface area contributed by atoms with E-state index in [2.05, 4.69) is 6.92 Å². The van der Waals surface area contributed by atoms with Crippen molar-refractivity contribution < 1.29 is 4.79 Å². The van der Waals surface area contributed by atoms with Crippen LogP contribution in [0.4, 0.5) is 0 Å². The predicted molar refractivity (Wildman–Crippen MR) is 85.5 cm³/mol. The van der Waals surface area contributed by atoms with E-state index >= 15 is 0 Å². The van der Waals surface area contributed by atoms with Crippen LogP contribution in [0.5, 0.6) is 0 Å². The summed E-state index contributed by atoms with van der Waals surface area (Å²) in [5, 5.41) is 0. The van der Waals surface area contributed by atoms with Crippen molar-refractivity contribution in [2.45, 2.75) is 71.1 Å². The van der Waals surface area contributed by atoms with Gasteiger partial charge in [0.05, 0.1) is 9.21 Å². The summed E-state index contributed by atoms with van der Waals surface area (Å²) in [5.74, 6) is 0.250. The molecule has 1 heterocycles. The molecule has 0 aromatic carbocycles. The molecular formula is C16H25ClOS. The third-order valence-corrected chi connectivity index (χ3v) is 4.63. The lowest BCUT2D eigenvalue weighted by molar-refractivity contribution is 0.0983. The van der Waals surface area contributed by atoms with Gasteiger partial charge in [-0.05, 0) is 18.6 Å². The number of thiophene rings is 1. The number of carbonyl (C=O) groups excluding carboxylic acids is 1. The zero-order valence-electron chi connectivity index (χ0n) is 11.9. The number of carbonyl (C=O) groups is 1. The van der Waals surface area contributed by atoms with Crippen molar-refractivity contribution in [1.82, 2.24) is 0 Å². The summed E-state index contributed by atoms with van der Waals surface area (Å²) in [6, 6.07) is 3.64. The second-order valence-electron chi connectivity index (χ2n) is 5.11. The van der Waals surface area contributed by atoms with Gasteiger partial charge in [-0.25, -0.2) is 0 Å². The van der Waals surface area contributed by atoms with E-state index in [4.69, 9.17) is 11.6 Å². The van der Waals surface area contributed by atoms with Gasteiger partial charge >= 0.3 is 0 Å². The Morgan fingerprint density at radius 1 is 1.00 bits per heavy atom. The lowest BCUT2D eigenvalue weighted by Gasteiger charge is -2.01. The summed E-state index contributed by atoms with van der Waals surface area (Å²) in [4.78, 5) is 12.6. The molecule has 0 fully saturated rings. The monoisotopic (exact) mass is 300 g/mol. The van der Waals surface area contributed by atoms with Gasteiger partial charge in [0.1, 0.15) is 0 Å². The maximum Gasteiger partial charge on any atom is 0.172 e. The van der Waals surface area contributed by atoms with Gasteiger partial charge in [0, 0.05) is 6.42 Å². The lowest BCUT2D eigenvalue weighted by Crippen LogP contribution is -1.95. The molecule has 0 saturated carbocycles. The van der Waals surface area contributed by atoms with E-state index in [0.717, 1.165) is 11.3 Å². The first-order chi connectivity index (χ1) is 9.24. The highest BCUT2D eigenvalue weighted by Crippen LogP contribution is 2.23. The van der Waals surface area contributed by atoms with E-state index in [0.29, 0.717) is 10.8 Å². The van der Waals surface area contributed by atoms with Crippen molar-refractivity contribution in [2.24, 2.45) is 0 Å². The van der Waals surface area contributed by atoms with Crippen molar-refractivity contribution >= 4 is 28.7 Å². The molecule has 19 heavy (non-hydrogen) atoms. The Hall–Kier alpha value is -0.340. The van der Waals surface area contributed by atoms with Crippen LogP contribution >= 0.6 is 22.9 Å². The number of rotatable bonds is 11. The number of Topliss-reactive ketones (excluding diaryl/α,β-unsaturated/α-hetero) is 1. The lowest BCUT2D eigenvalue weighted by atomic mass is 10.1. The van der Waals surface area contributed by atoms with E-state index in [1.807, 2.05) is 6.07 Å². The summed E-state index contributed by atoms with van der Waals surface area (Å²) in [7, 11) is 0. The summed E-state index contributed by atoms with van der Waals surface area (Å²) in [5.41, 5.74) is 0. The maximum atomic E-state index is 11.8. The van der Waals surface area contributed by atoms with E-state index in [-0.39, 0.29) is 5.78 Å². The molecule has 0 atom stereocenters. The molecule has 0 unspecified atom stereocenters. The quantitative estimate of drug-likeness (QED) is 0.336. The Bertz CT molecular complexity index is 359. The number of hydrogen-bond acceptors (Lipinski definition) is 2. The van der Waals surface area contributed by atoms with Crippen LogP contribution in [-0.2, 0) is 0 Å². The smallest absolute Gasteiger partial charge is 0.172 e. The zero-order valence-corrected chi connectivity index (χ0v) is 13.5. The molecule has 1 nitrogen and oxygen atoms in total. The van der Waals surface area contributed by atoms with Crippen LogP contribution in [0.2, 0.25) is 4.34 Å². The molecule has 1 aromatic rings. The normalized spacial score (nSPS) is 10.8. The molecule has 0 radical (unpaired) electrons. The van der Waals surface area contributed by atoms with Crippen molar-refractivity contribution in [3.8, 4) is 0 Å². The molecule has 3 heteroatoms. The van der Waals surface area contributed by atoms with Crippen molar-refractivity contribution in [3.05, 3.63) is 21.3 Å². The van der Waals surface area contributed by atoms with Crippen LogP contribution in [0.25, 0.3) is 0 Å². The second kappa shape index (κ2) is 10.4. The van der Waals surface area contributed by atoms with Gasteiger partial charge in [-0.1, -0.05) is 69.9 Å². The molecule has 1 aromatic heterocycles. The maximum absolute atomic E-state index is 11.8. The molecule has 0 bridgehead atoms. The van der Waals surface area contributed by atoms with E-state index in [9.17, 15) is 4.79 Å². The molecule has 0 aliphatic rings. The predicted octanol–water partition coefficient (Wildman–Crippen LogP) is 6.51. The summed E-state index contributed by atoms with van der Waals surface area (Å²) in [6.45, 7) is 2.25. The SMILES string of the molecule is CCCCCCCCCCCC(=O)c1ccc(Cl)s1. The second-order valence-corrected chi connectivity index (χ2v) is 6.82. The largest absolute Gasteiger partial charge is 0.293 e. The minimum atomic E-state index is 0.250. The molecule has 0 amide bonds. The van der Waals surface area contributed by atoms with Crippen LogP contribution in [0, 0.1) is 0 Å². The minimum Gasteiger partial charge on any atom is -0.293 e. The fourth-order valence-corrected chi connectivity index (χ4v) is 3.19. The molecule has 0 aliphatic carbocycles. The van der Waals surface area contributed by atoms with Gasteiger partial charge in [0.2, 0.25) is 0 Å². The minimum absolute atomic E-state index is 0.250.